The number of aliphatic hydroxyl groups excluding tert-OH is 1. The summed E-state index contributed by atoms with van der Waals surface area (Å²) in [6, 6.07) is 2.14. The van der Waals surface area contributed by atoms with Gasteiger partial charge in [-0.1, -0.05) is 11.6 Å². The summed E-state index contributed by atoms with van der Waals surface area (Å²) in [5, 5.41) is 11.6. The lowest BCUT2D eigenvalue weighted by atomic mass is 10.2. The van der Waals surface area contributed by atoms with Crippen molar-refractivity contribution >= 4 is 51.5 Å². The average molecular weight is 414 g/mol. The van der Waals surface area contributed by atoms with Crippen molar-refractivity contribution in [3.05, 3.63) is 26.3 Å². The van der Waals surface area contributed by atoms with Crippen molar-refractivity contribution in [1.82, 2.24) is 0 Å². The first kappa shape index (κ1) is 16.1. The van der Waals surface area contributed by atoms with Crippen LogP contribution in [0.3, 0.4) is 0 Å². The standard InChI is InChI=1S/C10H9Cl2F3INO/c11-3-5(18)4-17-9-1-6(10(13,14)15)7(12)2-8(9)16/h1-2,5,17-18H,3-4H2. The molecule has 18 heavy (non-hydrogen) atoms. The Bertz CT molecular complexity index is 428. The van der Waals surface area contributed by atoms with Crippen molar-refractivity contribution in [2.24, 2.45) is 0 Å². The molecule has 8 heteroatoms. The zero-order valence-corrected chi connectivity index (χ0v) is 12.5. The number of anilines is 1. The number of benzene rings is 1. The molecule has 0 saturated heterocycles. The lowest BCUT2D eigenvalue weighted by molar-refractivity contribution is -0.137. The Hall–Kier alpha value is 0.0800. The molecule has 0 saturated carbocycles. The molecule has 1 unspecified atom stereocenters. The second-order valence-electron chi connectivity index (χ2n) is 3.50. The number of alkyl halides is 4. The van der Waals surface area contributed by atoms with Crippen molar-refractivity contribution in [2.45, 2.75) is 12.3 Å². The highest BCUT2D eigenvalue weighted by molar-refractivity contribution is 14.1. The number of aliphatic hydroxyl groups is 1. The van der Waals surface area contributed by atoms with Gasteiger partial charge in [0.2, 0.25) is 0 Å². The molecule has 0 bridgehead atoms. The molecule has 1 aromatic rings. The quantitative estimate of drug-likeness (QED) is 0.578. The van der Waals surface area contributed by atoms with Crippen LogP contribution < -0.4 is 5.32 Å². The minimum atomic E-state index is -4.51. The molecular weight excluding hydrogens is 405 g/mol. The van der Waals surface area contributed by atoms with Crippen molar-refractivity contribution in [3.63, 3.8) is 0 Å². The van der Waals surface area contributed by atoms with Crippen LogP contribution in [0.15, 0.2) is 12.1 Å². The van der Waals surface area contributed by atoms with E-state index in [1.165, 1.54) is 6.07 Å². The highest BCUT2D eigenvalue weighted by atomic mass is 127. The van der Waals surface area contributed by atoms with E-state index >= 15 is 0 Å². The van der Waals surface area contributed by atoms with Gasteiger partial charge in [0.25, 0.3) is 0 Å². The van der Waals surface area contributed by atoms with Gasteiger partial charge in [-0.25, -0.2) is 0 Å². The smallest absolute Gasteiger partial charge is 0.390 e. The summed E-state index contributed by atoms with van der Waals surface area (Å²) in [6.45, 7) is 0.0679. The Morgan fingerprint density at radius 3 is 2.50 bits per heavy atom. The predicted molar refractivity (Wildman–Crippen MR) is 74.4 cm³/mol. The van der Waals surface area contributed by atoms with Crippen LogP contribution in [-0.4, -0.2) is 23.6 Å². The van der Waals surface area contributed by atoms with E-state index in [2.05, 4.69) is 5.32 Å². The molecule has 0 radical (unpaired) electrons. The molecule has 0 aliphatic rings. The molecule has 0 aliphatic heterocycles. The molecule has 0 fully saturated rings. The van der Waals surface area contributed by atoms with Gasteiger partial charge in [0.1, 0.15) is 0 Å². The predicted octanol–water partition coefficient (Wildman–Crippen LogP) is 3.98. The first-order valence-electron chi connectivity index (χ1n) is 4.80. The molecule has 2 N–H and O–H groups in total. The van der Waals surface area contributed by atoms with Gasteiger partial charge in [-0.2, -0.15) is 13.2 Å². The third-order valence-corrected chi connectivity index (χ3v) is 3.63. The minimum Gasteiger partial charge on any atom is -0.390 e. The van der Waals surface area contributed by atoms with Gasteiger partial charge in [0, 0.05) is 15.8 Å². The molecule has 0 amide bonds. The minimum absolute atomic E-state index is 0.00327. The second-order valence-corrected chi connectivity index (χ2v) is 5.38. The molecule has 1 aromatic carbocycles. The summed E-state index contributed by atoms with van der Waals surface area (Å²) in [6.07, 6.45) is -5.34. The van der Waals surface area contributed by atoms with Crippen LogP contribution in [-0.2, 0) is 6.18 Å². The fourth-order valence-corrected chi connectivity index (χ4v) is 2.41. The molecule has 0 heterocycles. The summed E-state index contributed by atoms with van der Waals surface area (Å²) in [7, 11) is 0. The highest BCUT2D eigenvalue weighted by Crippen LogP contribution is 2.38. The Morgan fingerprint density at radius 1 is 1.39 bits per heavy atom. The number of halogens is 6. The molecule has 102 valence electrons. The van der Waals surface area contributed by atoms with E-state index in [0.717, 1.165) is 6.07 Å². The summed E-state index contributed by atoms with van der Waals surface area (Å²) >= 11 is 12.8. The van der Waals surface area contributed by atoms with Crippen LogP contribution in [0.1, 0.15) is 5.56 Å². The van der Waals surface area contributed by atoms with E-state index in [9.17, 15) is 18.3 Å². The van der Waals surface area contributed by atoms with Crippen LogP contribution in [0.5, 0.6) is 0 Å². The molecule has 1 rings (SSSR count). The fourth-order valence-electron chi connectivity index (χ4n) is 1.18. The van der Waals surface area contributed by atoms with E-state index in [1.807, 2.05) is 22.6 Å². The largest absolute Gasteiger partial charge is 0.417 e. The maximum Gasteiger partial charge on any atom is 0.417 e. The van der Waals surface area contributed by atoms with Gasteiger partial charge < -0.3 is 10.4 Å². The van der Waals surface area contributed by atoms with Crippen molar-refractivity contribution in [2.75, 3.05) is 17.7 Å². The van der Waals surface area contributed by atoms with Crippen LogP contribution in [0.25, 0.3) is 0 Å². The van der Waals surface area contributed by atoms with E-state index in [4.69, 9.17) is 23.2 Å². The topological polar surface area (TPSA) is 32.3 Å². The Kier molecular flexibility index (Phi) is 5.82. The molecule has 2 nitrogen and oxygen atoms in total. The maximum absolute atomic E-state index is 12.6. The van der Waals surface area contributed by atoms with Crippen molar-refractivity contribution in [1.29, 1.82) is 0 Å². The number of hydrogen-bond acceptors (Lipinski definition) is 2. The third-order valence-electron chi connectivity index (χ3n) is 2.07. The van der Waals surface area contributed by atoms with Gasteiger partial charge in [0.05, 0.1) is 22.6 Å². The summed E-state index contributed by atoms with van der Waals surface area (Å²) < 4.78 is 38.5. The third kappa shape index (κ3) is 4.32. The normalized spacial score (nSPS) is 13.5. The van der Waals surface area contributed by atoms with Gasteiger partial charge in [-0.3, -0.25) is 0 Å². The number of rotatable bonds is 4. The van der Waals surface area contributed by atoms with Crippen molar-refractivity contribution < 1.29 is 18.3 Å². The summed E-state index contributed by atoms with van der Waals surface area (Å²) in [4.78, 5) is 0. The first-order chi connectivity index (χ1) is 8.25. The van der Waals surface area contributed by atoms with Gasteiger partial charge in [-0.15, -0.1) is 11.6 Å². The van der Waals surface area contributed by atoms with Gasteiger partial charge in [0.15, 0.2) is 0 Å². The SMILES string of the molecule is OC(CCl)CNc1cc(C(F)(F)F)c(Cl)cc1I. The zero-order valence-electron chi connectivity index (χ0n) is 8.86. The van der Waals surface area contributed by atoms with Crippen LogP contribution in [0, 0.1) is 3.57 Å². The summed E-state index contributed by atoms with van der Waals surface area (Å²) in [5.41, 5.74) is -0.649. The molecule has 0 aromatic heterocycles. The van der Waals surface area contributed by atoms with E-state index < -0.39 is 17.8 Å². The Balaban J connectivity index is 2.99. The first-order valence-corrected chi connectivity index (χ1v) is 6.79. The number of hydrogen-bond donors (Lipinski definition) is 2. The molecule has 0 aliphatic carbocycles. The zero-order chi connectivity index (χ0) is 13.9. The van der Waals surface area contributed by atoms with E-state index in [1.54, 1.807) is 0 Å². The van der Waals surface area contributed by atoms with Crippen LogP contribution >= 0.6 is 45.8 Å². The molecule has 1 atom stereocenters. The number of nitrogens with one attached hydrogen (secondary N) is 1. The Morgan fingerprint density at radius 2 is 2.00 bits per heavy atom. The molecule has 0 spiro atoms. The van der Waals surface area contributed by atoms with Crippen LogP contribution in [0.2, 0.25) is 5.02 Å². The lowest BCUT2D eigenvalue weighted by Crippen LogP contribution is -2.21. The van der Waals surface area contributed by atoms with Crippen LogP contribution in [0.4, 0.5) is 18.9 Å². The van der Waals surface area contributed by atoms with Gasteiger partial charge in [-0.05, 0) is 34.7 Å². The van der Waals surface area contributed by atoms with Gasteiger partial charge >= 0.3 is 6.18 Å². The van der Waals surface area contributed by atoms with E-state index in [0.29, 0.717) is 3.57 Å². The average Bonchev–Trinajstić information content (AvgIpc) is 2.25. The Labute approximate surface area is 126 Å². The van der Waals surface area contributed by atoms with E-state index in [-0.39, 0.29) is 23.1 Å². The second kappa shape index (κ2) is 6.49. The molecular formula is C10H9Cl2F3INO. The lowest BCUT2D eigenvalue weighted by Gasteiger charge is -2.15. The van der Waals surface area contributed by atoms with Crippen molar-refractivity contribution in [3.8, 4) is 0 Å². The summed E-state index contributed by atoms with van der Waals surface area (Å²) in [5.74, 6) is 0.00327. The fraction of sp³-hybridized carbons (Fsp3) is 0.400. The monoisotopic (exact) mass is 413 g/mol. The maximum atomic E-state index is 12.6. The highest BCUT2D eigenvalue weighted by Gasteiger charge is 2.34.